The van der Waals surface area contributed by atoms with Crippen LogP contribution in [0.3, 0.4) is 0 Å². The molecule has 13 aromatic rings. The number of hydrogen-bond donors (Lipinski definition) is 0. The van der Waals surface area contributed by atoms with Crippen LogP contribution in [0.1, 0.15) is 0 Å². The Labute approximate surface area is 443 Å². The summed E-state index contributed by atoms with van der Waals surface area (Å²) in [6, 6.07) is 88.6. The molecule has 5 aromatic heterocycles. The molecule has 0 spiro atoms. The summed E-state index contributed by atoms with van der Waals surface area (Å²) in [5.41, 5.74) is 21.3. The average Bonchev–Trinajstić information content (AvgIpc) is 3.87. The molecule has 0 unspecified atom stereocenters. The number of rotatable bonds is 10. The number of pyridine rings is 4. The van der Waals surface area contributed by atoms with Crippen LogP contribution >= 0.6 is 0 Å². The predicted octanol–water partition coefficient (Wildman–Crippen LogP) is 17.2. The number of furan rings is 1. The zero-order valence-corrected chi connectivity index (χ0v) is 42.1. The van der Waals surface area contributed by atoms with E-state index >= 15 is 0 Å². The summed E-state index contributed by atoms with van der Waals surface area (Å²) in [7, 11) is 0. The summed E-state index contributed by atoms with van der Waals surface area (Å²) >= 11 is 0. The second kappa shape index (κ2) is 20.1. The van der Waals surface area contributed by atoms with Crippen molar-refractivity contribution in [3.63, 3.8) is 0 Å². The quantitative estimate of drug-likeness (QED) is 0.128. The van der Waals surface area contributed by atoms with Gasteiger partial charge in [0.2, 0.25) is 0 Å². The van der Waals surface area contributed by atoms with E-state index < -0.39 is 0 Å². The fourth-order valence-corrected chi connectivity index (χ4v) is 10.0. The maximum Gasteiger partial charge on any atom is 3.00 e. The molecule has 0 radical (unpaired) electrons. The molecule has 5 heterocycles. The number of benzene rings is 8. The van der Waals surface area contributed by atoms with E-state index in [1.807, 2.05) is 104 Å². The number of para-hydroxylation sites is 1. The number of aromatic nitrogens is 4. The van der Waals surface area contributed by atoms with Crippen LogP contribution in [0.2, 0.25) is 0 Å². The molecule has 348 valence electrons. The molecule has 0 aliphatic carbocycles. The van der Waals surface area contributed by atoms with Crippen molar-refractivity contribution < 1.29 is 24.5 Å². The first-order valence-electron chi connectivity index (χ1n) is 24.2. The molecule has 0 atom stereocenters. The van der Waals surface area contributed by atoms with E-state index in [-0.39, 0.29) is 20.1 Å². The van der Waals surface area contributed by atoms with Gasteiger partial charge in [0.25, 0.3) is 0 Å². The van der Waals surface area contributed by atoms with E-state index in [4.69, 9.17) is 14.4 Å². The van der Waals surface area contributed by atoms with Crippen LogP contribution in [-0.4, -0.2) is 19.9 Å². The molecule has 0 N–H and O–H groups in total. The van der Waals surface area contributed by atoms with Crippen molar-refractivity contribution in [2.24, 2.45) is 0 Å². The largest absolute Gasteiger partial charge is 3.00 e. The maximum atomic E-state index is 6.67. The molecule has 13 rings (SSSR count). The van der Waals surface area contributed by atoms with Gasteiger partial charge in [-0.1, -0.05) is 166 Å². The molecule has 74 heavy (non-hydrogen) atoms. The van der Waals surface area contributed by atoms with Crippen LogP contribution in [0, 0.1) is 18.2 Å². The standard InChI is InChI=1S/C68H41N4O.Ir/c1-3-17-55(53(15-1)45-26-30-47(31-27-45)63-22-9-12-37-69-63)50-41-51(56-18-4-2-16-54(56)46-28-32-48(33-29-46)64-23-10-13-38-70-64)43-52(42-50)57-19-5-6-20-58(57)59-35-34-49(65-24-11-14-39-71-65)44-62(59)67-68-61(36-40-72-67)60-21-7-8-25-66(60)73-68;/h1-30,32,35-44H;/q-3;+3. The Bertz CT molecular complexity index is 3980. The van der Waals surface area contributed by atoms with E-state index in [1.165, 1.54) is 0 Å². The molecule has 6 heteroatoms. The minimum atomic E-state index is 0. The zero-order chi connectivity index (χ0) is 48.5. The average molecular weight is 1120 g/mol. The Morgan fingerprint density at radius 1 is 0.297 bits per heavy atom. The van der Waals surface area contributed by atoms with Gasteiger partial charge in [0.1, 0.15) is 5.58 Å². The van der Waals surface area contributed by atoms with E-state index in [1.54, 1.807) is 0 Å². The van der Waals surface area contributed by atoms with Gasteiger partial charge in [-0.2, -0.15) is 0 Å². The van der Waals surface area contributed by atoms with Crippen LogP contribution in [0.5, 0.6) is 0 Å². The van der Waals surface area contributed by atoms with E-state index in [0.717, 1.165) is 134 Å². The molecule has 0 saturated carbocycles. The third-order valence-electron chi connectivity index (χ3n) is 13.5. The van der Waals surface area contributed by atoms with E-state index in [0.29, 0.717) is 0 Å². The topological polar surface area (TPSA) is 64.7 Å². The molecule has 8 aromatic carbocycles. The Morgan fingerprint density at radius 2 is 0.743 bits per heavy atom. The Balaban J connectivity index is 0.00000556. The smallest absolute Gasteiger partial charge is 0.454 e. The molecule has 0 aliphatic rings. The van der Waals surface area contributed by atoms with Crippen molar-refractivity contribution in [1.29, 1.82) is 0 Å². The van der Waals surface area contributed by atoms with Crippen molar-refractivity contribution >= 4 is 21.9 Å². The van der Waals surface area contributed by atoms with Gasteiger partial charge < -0.3 is 19.4 Å². The summed E-state index contributed by atoms with van der Waals surface area (Å²) in [6.07, 6.45) is 7.33. The monoisotopic (exact) mass is 1120 g/mol. The molecule has 5 nitrogen and oxygen atoms in total. The van der Waals surface area contributed by atoms with Gasteiger partial charge in [-0.25, -0.2) is 0 Å². The minimum Gasteiger partial charge on any atom is -0.454 e. The van der Waals surface area contributed by atoms with Crippen molar-refractivity contribution in [1.82, 2.24) is 19.9 Å². The first kappa shape index (κ1) is 45.9. The fourth-order valence-electron chi connectivity index (χ4n) is 10.0. The molecule has 0 bridgehead atoms. The first-order chi connectivity index (χ1) is 36.2. The molecule has 0 saturated heterocycles. The Kier molecular flexibility index (Phi) is 12.5. The van der Waals surface area contributed by atoms with Crippen LogP contribution in [-0.2, 0) is 20.1 Å². The van der Waals surface area contributed by atoms with Crippen molar-refractivity contribution in [2.75, 3.05) is 0 Å². The summed E-state index contributed by atoms with van der Waals surface area (Å²) in [5, 5.41) is 2.05. The van der Waals surface area contributed by atoms with Crippen LogP contribution in [0.25, 0.3) is 134 Å². The molecule has 0 amide bonds. The zero-order valence-electron chi connectivity index (χ0n) is 39.7. The van der Waals surface area contributed by atoms with Crippen LogP contribution in [0.15, 0.2) is 254 Å². The minimum absolute atomic E-state index is 0. The van der Waals surface area contributed by atoms with Gasteiger partial charge >= 0.3 is 20.1 Å². The number of nitrogens with zero attached hydrogens (tertiary/aromatic N) is 4. The second-order valence-electron chi connectivity index (χ2n) is 17.9. The van der Waals surface area contributed by atoms with Crippen molar-refractivity contribution in [3.05, 3.63) is 267 Å². The van der Waals surface area contributed by atoms with Crippen molar-refractivity contribution in [3.8, 4) is 112 Å². The normalized spacial score (nSPS) is 11.1. The predicted molar refractivity (Wildman–Crippen MR) is 296 cm³/mol. The third kappa shape index (κ3) is 8.73. The summed E-state index contributed by atoms with van der Waals surface area (Å²) < 4.78 is 6.67. The summed E-state index contributed by atoms with van der Waals surface area (Å²) in [4.78, 5) is 19.0. The molecule has 0 aliphatic heterocycles. The Morgan fingerprint density at radius 3 is 1.24 bits per heavy atom. The molecular weight excluding hydrogens is 1080 g/mol. The Hall–Kier alpha value is -9.19. The number of hydrogen-bond acceptors (Lipinski definition) is 5. The van der Waals surface area contributed by atoms with Crippen LogP contribution in [0.4, 0.5) is 0 Å². The maximum absolute atomic E-state index is 6.67. The van der Waals surface area contributed by atoms with Gasteiger partial charge in [-0.3, -0.25) is 4.98 Å². The van der Waals surface area contributed by atoms with Crippen molar-refractivity contribution in [2.45, 2.75) is 0 Å². The SMILES string of the molecule is [Ir+3].[c-]1cc(-c2ccccc2-c2cc(-c3ccccc3-c3c[c-]c(-c4ccccn4)cc3)cc(-c3ccccc3-c3c[c-]c(-c4ccccn4)cc3-c3nccc4c3oc3ccccc34)c2)ccc1-c1ccccn1. The van der Waals surface area contributed by atoms with E-state index in [9.17, 15) is 0 Å². The summed E-state index contributed by atoms with van der Waals surface area (Å²) in [5.74, 6) is 0. The molecular formula is C68H41IrN4O. The van der Waals surface area contributed by atoms with Gasteiger partial charge in [-0.15, -0.1) is 83.4 Å². The van der Waals surface area contributed by atoms with E-state index in [2.05, 4.69) is 174 Å². The third-order valence-corrected chi connectivity index (χ3v) is 13.5. The number of fused-ring (bicyclic) bond motifs is 3. The summed E-state index contributed by atoms with van der Waals surface area (Å²) in [6.45, 7) is 0. The molecule has 0 fully saturated rings. The van der Waals surface area contributed by atoms with Gasteiger partial charge in [0.15, 0.2) is 5.58 Å². The second-order valence-corrected chi connectivity index (χ2v) is 17.9. The van der Waals surface area contributed by atoms with Gasteiger partial charge in [-0.05, 0) is 99.0 Å². The van der Waals surface area contributed by atoms with Crippen LogP contribution < -0.4 is 0 Å². The first-order valence-corrected chi connectivity index (χ1v) is 24.2. The van der Waals surface area contributed by atoms with Gasteiger partial charge in [0.05, 0.1) is 5.69 Å². The van der Waals surface area contributed by atoms with Gasteiger partial charge in [0, 0.05) is 35.6 Å². The fraction of sp³-hybridized carbons (Fsp3) is 0.